The van der Waals surface area contributed by atoms with Gasteiger partial charge >= 0.3 is 5.97 Å². The molecule has 9 heteroatoms. The fourth-order valence-corrected chi connectivity index (χ4v) is 5.83. The average molecular weight is 588 g/mol. The zero-order chi connectivity index (χ0) is 29.8. The number of carboxylic acid groups (broad SMARTS) is 1. The molecule has 1 saturated carbocycles. The average Bonchev–Trinajstić information content (AvgIpc) is 2.97. The van der Waals surface area contributed by atoms with E-state index in [2.05, 4.69) is 5.32 Å². The molecule has 1 aliphatic carbocycles. The highest BCUT2D eigenvalue weighted by Gasteiger charge is 2.26. The lowest BCUT2D eigenvalue weighted by Crippen LogP contribution is -2.41. The van der Waals surface area contributed by atoms with Crippen LogP contribution in [0.15, 0.2) is 42.5 Å². The number of carbonyl (C=O) groups excluding carboxylic acids is 1. The second-order valence-corrected chi connectivity index (χ2v) is 11.9. The summed E-state index contributed by atoms with van der Waals surface area (Å²) < 4.78 is 12.4. The molecular weight excluding hydrogens is 542 g/mol. The van der Waals surface area contributed by atoms with E-state index >= 15 is 0 Å². The van der Waals surface area contributed by atoms with E-state index in [0.29, 0.717) is 34.8 Å². The minimum Gasteiger partial charge on any atom is -0.480 e. The van der Waals surface area contributed by atoms with Crippen LogP contribution in [0.1, 0.15) is 79.6 Å². The molecule has 2 aromatic rings. The molecule has 0 heterocycles. The van der Waals surface area contributed by atoms with Crippen LogP contribution < -0.4 is 5.32 Å². The summed E-state index contributed by atoms with van der Waals surface area (Å²) >= 11 is 1.53. The Kier molecular flexibility index (Phi) is 13.6. The van der Waals surface area contributed by atoms with Gasteiger partial charge in [0.05, 0.1) is 19.3 Å². The second-order valence-electron chi connectivity index (χ2n) is 11.0. The van der Waals surface area contributed by atoms with Crippen molar-refractivity contribution in [2.45, 2.75) is 83.3 Å². The van der Waals surface area contributed by atoms with Crippen molar-refractivity contribution in [1.29, 1.82) is 0 Å². The lowest BCUT2D eigenvalue weighted by Gasteiger charge is -2.29. The Balaban J connectivity index is 1.95. The van der Waals surface area contributed by atoms with Gasteiger partial charge in [-0.15, -0.1) is 0 Å². The van der Waals surface area contributed by atoms with Gasteiger partial charge in [-0.1, -0.05) is 62.4 Å². The van der Waals surface area contributed by atoms with Gasteiger partial charge in [0.15, 0.2) is 6.29 Å². The third-order valence-corrected chi connectivity index (χ3v) is 8.25. The van der Waals surface area contributed by atoms with Crippen LogP contribution in [0.2, 0.25) is 0 Å². The van der Waals surface area contributed by atoms with Gasteiger partial charge in [-0.25, -0.2) is 4.79 Å². The van der Waals surface area contributed by atoms with Crippen LogP contribution >= 0.6 is 11.8 Å². The van der Waals surface area contributed by atoms with Crippen LogP contribution in [0.4, 0.5) is 0 Å². The summed E-state index contributed by atoms with van der Waals surface area (Å²) in [5.41, 5.74) is 3.43. The summed E-state index contributed by atoms with van der Waals surface area (Å²) in [7, 11) is 0. The number of hydrogen-bond acceptors (Lipinski definition) is 7. The molecule has 8 nitrogen and oxygen atoms in total. The van der Waals surface area contributed by atoms with Crippen LogP contribution in [0.5, 0.6) is 0 Å². The third-order valence-electron chi connectivity index (χ3n) is 7.61. The lowest BCUT2D eigenvalue weighted by atomic mass is 9.85. The van der Waals surface area contributed by atoms with E-state index in [-0.39, 0.29) is 12.7 Å². The van der Waals surface area contributed by atoms with Crippen molar-refractivity contribution < 1.29 is 34.4 Å². The van der Waals surface area contributed by atoms with Crippen LogP contribution in [0.3, 0.4) is 0 Å². The van der Waals surface area contributed by atoms with Gasteiger partial charge in [0.25, 0.3) is 5.91 Å². The van der Waals surface area contributed by atoms with E-state index in [1.165, 1.54) is 43.9 Å². The van der Waals surface area contributed by atoms with E-state index in [9.17, 15) is 24.9 Å². The van der Waals surface area contributed by atoms with Crippen molar-refractivity contribution >= 4 is 23.6 Å². The largest absolute Gasteiger partial charge is 0.480 e. The van der Waals surface area contributed by atoms with Gasteiger partial charge < -0.3 is 30.1 Å². The number of aliphatic hydroxyl groups is 2. The molecule has 0 radical (unpaired) electrons. The number of thioether (sulfide) groups is 1. The maximum atomic E-state index is 13.5. The first kappa shape index (κ1) is 33.1. The Hall–Kier alpha value is -2.43. The molecule has 1 amide bonds. The number of aryl methyl sites for hydroxylation is 1. The first-order valence-corrected chi connectivity index (χ1v) is 15.9. The first-order valence-electron chi connectivity index (χ1n) is 14.5. The zero-order valence-electron chi connectivity index (χ0n) is 24.4. The van der Waals surface area contributed by atoms with E-state index in [0.717, 1.165) is 17.5 Å². The van der Waals surface area contributed by atoms with Crippen molar-refractivity contribution in [3.8, 4) is 11.1 Å². The molecule has 226 valence electrons. The van der Waals surface area contributed by atoms with Gasteiger partial charge in [0, 0.05) is 11.1 Å². The van der Waals surface area contributed by atoms with Crippen molar-refractivity contribution in [2.75, 3.05) is 25.2 Å². The highest BCUT2D eigenvalue weighted by atomic mass is 32.2. The summed E-state index contributed by atoms with van der Waals surface area (Å²) in [6.07, 6.45) is 7.27. The SMILES string of the molecule is CSCC[C@H](NC(=O)c1ccc(C(OCC(O)CO)OC(C)CC2CCCCC2)cc1-c1ccccc1C)C(=O)O. The molecular formula is C32H45NO7S. The summed E-state index contributed by atoms with van der Waals surface area (Å²) in [5, 5.41) is 31.7. The molecule has 4 atom stereocenters. The van der Waals surface area contributed by atoms with Crippen molar-refractivity contribution in [3.63, 3.8) is 0 Å². The summed E-state index contributed by atoms with van der Waals surface area (Å²) in [6.45, 7) is 3.43. The van der Waals surface area contributed by atoms with Gasteiger partial charge in [-0.2, -0.15) is 11.8 Å². The molecule has 41 heavy (non-hydrogen) atoms. The van der Waals surface area contributed by atoms with Gasteiger partial charge in [0.1, 0.15) is 12.1 Å². The number of hydrogen-bond donors (Lipinski definition) is 4. The number of carbonyl (C=O) groups is 2. The van der Waals surface area contributed by atoms with Gasteiger partial charge in [0.2, 0.25) is 0 Å². The molecule has 1 aliphatic rings. The Bertz CT molecular complexity index is 1120. The molecule has 4 N–H and O–H groups in total. The van der Waals surface area contributed by atoms with Crippen LogP contribution in [-0.2, 0) is 14.3 Å². The fraction of sp³-hybridized carbons (Fsp3) is 0.562. The molecule has 0 aliphatic heterocycles. The number of nitrogens with one attached hydrogen (secondary N) is 1. The molecule has 0 aromatic heterocycles. The number of amides is 1. The fourth-order valence-electron chi connectivity index (χ4n) is 5.36. The van der Waals surface area contributed by atoms with E-state index in [1.807, 2.05) is 50.4 Å². The summed E-state index contributed by atoms with van der Waals surface area (Å²) in [5.74, 6) is -0.333. The molecule has 1 fully saturated rings. The Morgan fingerprint density at radius 1 is 1.10 bits per heavy atom. The number of aliphatic hydroxyl groups excluding tert-OH is 2. The predicted molar refractivity (Wildman–Crippen MR) is 162 cm³/mol. The minimum absolute atomic E-state index is 0.105. The second kappa shape index (κ2) is 16.9. The third kappa shape index (κ3) is 10.1. The molecule has 0 spiro atoms. The minimum atomic E-state index is -1.07. The summed E-state index contributed by atoms with van der Waals surface area (Å²) in [6, 6.07) is 12.0. The number of rotatable bonds is 16. The van der Waals surface area contributed by atoms with Crippen LogP contribution in [0, 0.1) is 12.8 Å². The molecule has 0 saturated heterocycles. The Morgan fingerprint density at radius 2 is 1.83 bits per heavy atom. The van der Waals surface area contributed by atoms with Crippen molar-refractivity contribution in [3.05, 3.63) is 59.2 Å². The maximum absolute atomic E-state index is 13.5. The highest BCUT2D eigenvalue weighted by molar-refractivity contribution is 7.98. The number of ether oxygens (including phenoxy) is 2. The quantitative estimate of drug-likeness (QED) is 0.194. The summed E-state index contributed by atoms with van der Waals surface area (Å²) in [4.78, 5) is 25.3. The van der Waals surface area contributed by atoms with E-state index in [1.54, 1.807) is 12.1 Å². The predicted octanol–water partition coefficient (Wildman–Crippen LogP) is 5.34. The molecule has 0 bridgehead atoms. The number of carboxylic acids is 1. The van der Waals surface area contributed by atoms with Gasteiger partial charge in [-0.05, 0) is 73.4 Å². The van der Waals surface area contributed by atoms with Crippen molar-refractivity contribution in [1.82, 2.24) is 5.32 Å². The van der Waals surface area contributed by atoms with Crippen LogP contribution in [0.25, 0.3) is 11.1 Å². The highest BCUT2D eigenvalue weighted by Crippen LogP contribution is 2.34. The maximum Gasteiger partial charge on any atom is 0.326 e. The Morgan fingerprint density at radius 3 is 2.49 bits per heavy atom. The van der Waals surface area contributed by atoms with Crippen LogP contribution in [-0.4, -0.2) is 70.7 Å². The van der Waals surface area contributed by atoms with Crippen molar-refractivity contribution in [2.24, 2.45) is 5.92 Å². The molecule has 2 aromatic carbocycles. The number of aliphatic carboxylic acids is 1. The molecule has 3 unspecified atom stereocenters. The standard InChI is InChI=1S/C32H45NO7S/c1-21-9-7-8-12-26(21)28-18-24(13-14-27(28)30(36)33-29(31(37)38)15-16-41-3)32(39-20-25(35)19-34)40-22(2)17-23-10-5-4-6-11-23/h7-9,12-14,18,22-23,25,29,32,34-35H,4-6,10-11,15-17,19-20H2,1-3H3,(H,33,36)(H,37,38)/t22?,25?,29-,32?/m0/s1. The smallest absolute Gasteiger partial charge is 0.326 e. The van der Waals surface area contributed by atoms with Gasteiger partial charge in [-0.3, -0.25) is 4.79 Å². The zero-order valence-corrected chi connectivity index (χ0v) is 25.2. The Labute approximate surface area is 247 Å². The lowest BCUT2D eigenvalue weighted by molar-refractivity contribution is -0.189. The number of benzene rings is 2. The normalized spacial score (nSPS) is 17.0. The first-order chi connectivity index (χ1) is 19.7. The topological polar surface area (TPSA) is 125 Å². The molecule has 3 rings (SSSR count). The monoisotopic (exact) mass is 587 g/mol. The van der Waals surface area contributed by atoms with E-state index < -0.39 is 36.9 Å². The van der Waals surface area contributed by atoms with E-state index in [4.69, 9.17) is 9.47 Å².